The van der Waals surface area contributed by atoms with Crippen LogP contribution < -0.4 is 0 Å². The molecule has 0 radical (unpaired) electrons. The molecule has 2 aliphatic rings. The molecule has 2 rings (SSSR count). The number of aliphatic hydroxyl groups excluding tert-OH is 1. The van der Waals surface area contributed by atoms with Gasteiger partial charge in [-0.3, -0.25) is 4.90 Å². The van der Waals surface area contributed by atoms with Gasteiger partial charge in [-0.05, 0) is 50.0 Å². The highest BCUT2D eigenvalue weighted by atomic mass is 16.3. The van der Waals surface area contributed by atoms with E-state index in [0.29, 0.717) is 18.6 Å². The van der Waals surface area contributed by atoms with Gasteiger partial charge in [-0.15, -0.1) is 0 Å². The Hall–Kier alpha value is -0.0800. The maximum absolute atomic E-state index is 9.51. The van der Waals surface area contributed by atoms with Crippen LogP contribution >= 0.6 is 0 Å². The number of aliphatic hydroxyl groups is 1. The Morgan fingerprint density at radius 3 is 2.38 bits per heavy atom. The van der Waals surface area contributed by atoms with Crippen molar-refractivity contribution in [3.05, 3.63) is 0 Å². The molecule has 5 atom stereocenters. The highest BCUT2D eigenvalue weighted by molar-refractivity contribution is 4.91. The van der Waals surface area contributed by atoms with E-state index in [1.165, 1.54) is 32.2 Å². The summed E-state index contributed by atoms with van der Waals surface area (Å²) in [5, 5.41) is 9.51. The van der Waals surface area contributed by atoms with Gasteiger partial charge >= 0.3 is 0 Å². The fourth-order valence-corrected chi connectivity index (χ4v) is 3.60. The van der Waals surface area contributed by atoms with Crippen LogP contribution in [0.4, 0.5) is 0 Å². The molecule has 0 amide bonds. The molecule has 1 saturated carbocycles. The van der Waals surface area contributed by atoms with E-state index in [4.69, 9.17) is 0 Å². The van der Waals surface area contributed by atoms with Crippen LogP contribution in [0.3, 0.4) is 0 Å². The van der Waals surface area contributed by atoms with Gasteiger partial charge in [0, 0.05) is 12.1 Å². The molecule has 2 nitrogen and oxygen atoms in total. The summed E-state index contributed by atoms with van der Waals surface area (Å²) in [7, 11) is 0. The van der Waals surface area contributed by atoms with Crippen LogP contribution in [0.2, 0.25) is 0 Å². The van der Waals surface area contributed by atoms with Gasteiger partial charge in [-0.1, -0.05) is 20.8 Å². The number of hydrogen-bond acceptors (Lipinski definition) is 2. The molecule has 16 heavy (non-hydrogen) atoms. The fraction of sp³-hybridized carbons (Fsp3) is 1.00. The minimum atomic E-state index is 0.349. The molecule has 0 aromatic rings. The summed E-state index contributed by atoms with van der Waals surface area (Å²) in [4.78, 5) is 2.60. The zero-order valence-corrected chi connectivity index (χ0v) is 11.0. The van der Waals surface area contributed by atoms with Crippen molar-refractivity contribution in [2.45, 2.75) is 58.5 Å². The lowest BCUT2D eigenvalue weighted by atomic mass is 9.78. The van der Waals surface area contributed by atoms with E-state index in [1.54, 1.807) is 0 Å². The summed E-state index contributed by atoms with van der Waals surface area (Å²) in [6.07, 6.45) is 5.32. The van der Waals surface area contributed by atoms with E-state index in [-0.39, 0.29) is 0 Å². The predicted molar refractivity (Wildman–Crippen MR) is 67.3 cm³/mol. The van der Waals surface area contributed by atoms with Crippen LogP contribution in [0.15, 0.2) is 0 Å². The van der Waals surface area contributed by atoms with Crippen LogP contribution in [0.25, 0.3) is 0 Å². The summed E-state index contributed by atoms with van der Waals surface area (Å²) in [5.41, 5.74) is 0. The average molecular weight is 225 g/mol. The summed E-state index contributed by atoms with van der Waals surface area (Å²) in [5.74, 6) is 2.43. The number of rotatable bonds is 2. The third-order valence-corrected chi connectivity index (χ3v) is 5.15. The summed E-state index contributed by atoms with van der Waals surface area (Å²) in [6.45, 7) is 8.62. The van der Waals surface area contributed by atoms with E-state index in [2.05, 4.69) is 25.7 Å². The maximum atomic E-state index is 9.51. The van der Waals surface area contributed by atoms with Crippen LogP contribution in [-0.2, 0) is 0 Å². The minimum absolute atomic E-state index is 0.349. The second-order valence-corrected chi connectivity index (χ2v) is 6.18. The summed E-state index contributed by atoms with van der Waals surface area (Å²) >= 11 is 0. The summed E-state index contributed by atoms with van der Waals surface area (Å²) in [6, 6.07) is 1.18. The zero-order valence-electron chi connectivity index (χ0n) is 11.0. The van der Waals surface area contributed by atoms with Crippen LogP contribution in [0, 0.1) is 17.8 Å². The molecule has 2 fully saturated rings. The lowest BCUT2D eigenvalue weighted by molar-refractivity contribution is 0.0609. The Balaban J connectivity index is 1.97. The van der Waals surface area contributed by atoms with Gasteiger partial charge in [0.1, 0.15) is 0 Å². The highest BCUT2D eigenvalue weighted by Gasteiger charge is 2.37. The molecule has 1 heterocycles. The number of likely N-dealkylation sites (tertiary alicyclic amines) is 1. The first kappa shape index (κ1) is 12.4. The molecule has 1 aliphatic heterocycles. The van der Waals surface area contributed by atoms with Gasteiger partial charge < -0.3 is 5.11 Å². The summed E-state index contributed by atoms with van der Waals surface area (Å²) < 4.78 is 0. The molecule has 0 bridgehead atoms. The molecule has 1 aliphatic carbocycles. The molecule has 1 N–H and O–H groups in total. The largest absolute Gasteiger partial charge is 0.395 e. The third kappa shape index (κ3) is 2.28. The Morgan fingerprint density at radius 2 is 1.75 bits per heavy atom. The van der Waals surface area contributed by atoms with Gasteiger partial charge in [-0.25, -0.2) is 0 Å². The Labute approximate surface area is 100 Å². The minimum Gasteiger partial charge on any atom is -0.395 e. The second kappa shape index (κ2) is 5.05. The van der Waals surface area contributed by atoms with Gasteiger partial charge in [0.25, 0.3) is 0 Å². The van der Waals surface area contributed by atoms with E-state index in [1.807, 2.05) is 0 Å². The smallest absolute Gasteiger partial charge is 0.0589 e. The van der Waals surface area contributed by atoms with Crippen molar-refractivity contribution < 1.29 is 5.11 Å². The second-order valence-electron chi connectivity index (χ2n) is 6.18. The van der Waals surface area contributed by atoms with Gasteiger partial charge in [-0.2, -0.15) is 0 Å². The molecule has 0 spiro atoms. The van der Waals surface area contributed by atoms with Crippen molar-refractivity contribution in [2.75, 3.05) is 13.2 Å². The fourth-order valence-electron chi connectivity index (χ4n) is 3.60. The molecular formula is C14H27NO. The Morgan fingerprint density at radius 1 is 1.00 bits per heavy atom. The first-order valence-corrected chi connectivity index (χ1v) is 7.00. The Bertz CT molecular complexity index is 231. The lowest BCUT2D eigenvalue weighted by Gasteiger charge is -2.40. The van der Waals surface area contributed by atoms with Crippen molar-refractivity contribution in [1.82, 2.24) is 4.90 Å². The van der Waals surface area contributed by atoms with Crippen LogP contribution in [0.1, 0.15) is 46.5 Å². The van der Waals surface area contributed by atoms with E-state index >= 15 is 0 Å². The molecule has 5 unspecified atom stereocenters. The van der Waals surface area contributed by atoms with Crippen molar-refractivity contribution in [3.8, 4) is 0 Å². The highest BCUT2D eigenvalue weighted by Crippen LogP contribution is 2.36. The van der Waals surface area contributed by atoms with Crippen molar-refractivity contribution in [1.29, 1.82) is 0 Å². The SMILES string of the molecule is CC1CCC(N2CCC(C)C2CO)CC1C. The molecule has 94 valence electrons. The van der Waals surface area contributed by atoms with Crippen molar-refractivity contribution >= 4 is 0 Å². The first-order chi connectivity index (χ1) is 7.63. The third-order valence-electron chi connectivity index (χ3n) is 5.15. The van der Waals surface area contributed by atoms with Gasteiger partial charge in [0.05, 0.1) is 6.61 Å². The van der Waals surface area contributed by atoms with Gasteiger partial charge in [0.15, 0.2) is 0 Å². The topological polar surface area (TPSA) is 23.5 Å². The quantitative estimate of drug-likeness (QED) is 0.780. The standard InChI is InChI=1S/C14H27NO/c1-10-4-5-13(8-12(10)3)15-7-6-11(2)14(15)9-16/h10-14,16H,4-9H2,1-3H3. The first-order valence-electron chi connectivity index (χ1n) is 7.00. The number of hydrogen-bond donors (Lipinski definition) is 1. The van der Waals surface area contributed by atoms with E-state index in [9.17, 15) is 5.11 Å². The molecule has 0 aromatic heterocycles. The van der Waals surface area contributed by atoms with E-state index < -0.39 is 0 Å². The molecular weight excluding hydrogens is 198 g/mol. The normalized spacial score (nSPS) is 46.1. The van der Waals surface area contributed by atoms with E-state index in [0.717, 1.165) is 17.9 Å². The maximum Gasteiger partial charge on any atom is 0.0589 e. The number of nitrogens with zero attached hydrogens (tertiary/aromatic N) is 1. The molecule has 0 aromatic carbocycles. The monoisotopic (exact) mass is 225 g/mol. The van der Waals surface area contributed by atoms with Crippen LogP contribution in [0.5, 0.6) is 0 Å². The molecule has 1 saturated heterocycles. The lowest BCUT2D eigenvalue weighted by Crippen LogP contribution is -2.45. The van der Waals surface area contributed by atoms with Gasteiger partial charge in [0.2, 0.25) is 0 Å². The van der Waals surface area contributed by atoms with Crippen LogP contribution in [-0.4, -0.2) is 35.2 Å². The predicted octanol–water partition coefficient (Wildman–Crippen LogP) is 2.51. The Kier molecular flexibility index (Phi) is 3.91. The van der Waals surface area contributed by atoms with Crippen molar-refractivity contribution in [2.24, 2.45) is 17.8 Å². The molecule has 2 heteroatoms. The van der Waals surface area contributed by atoms with Crippen molar-refractivity contribution in [3.63, 3.8) is 0 Å². The zero-order chi connectivity index (χ0) is 11.7. The average Bonchev–Trinajstić information content (AvgIpc) is 2.63.